The fourth-order valence-corrected chi connectivity index (χ4v) is 10.2. The number of nitrogens with one attached hydrogen (secondary N) is 2. The highest BCUT2D eigenvalue weighted by molar-refractivity contribution is 6.08. The quantitative estimate of drug-likeness (QED) is 0.184. The summed E-state index contributed by atoms with van der Waals surface area (Å²) in [5.41, 5.74) is 2.69. The Kier molecular flexibility index (Phi) is 11.1. The SMILES string of the molecule is C=C1CCC(n2c(=O)n(C)c3ccc(C#CCOC4CCN(CC5CCC(n6cc(NC(=O)c7cnn8ccc(N9C[C@H]%10C[C@@H]9CO%10)nc78)c(C(F)F)n6)CC5)CC4)cc32)C(=O)N1. The van der Waals surface area contributed by atoms with E-state index >= 15 is 0 Å². The van der Waals surface area contributed by atoms with Gasteiger partial charge in [0.2, 0.25) is 5.91 Å². The average molecular weight is 864 g/mol. The second-order valence-electron chi connectivity index (χ2n) is 17.6. The van der Waals surface area contributed by atoms with Gasteiger partial charge >= 0.3 is 5.69 Å². The molecule has 4 aromatic heterocycles. The van der Waals surface area contributed by atoms with Crippen LogP contribution in [-0.2, 0) is 21.3 Å². The third-order valence-corrected chi connectivity index (χ3v) is 13.6. The normalized spacial score (nSPS) is 24.4. The number of ether oxygens (including phenoxy) is 2. The van der Waals surface area contributed by atoms with Crippen LogP contribution in [0.5, 0.6) is 0 Å². The van der Waals surface area contributed by atoms with Crippen LogP contribution in [0.3, 0.4) is 0 Å². The molecule has 0 radical (unpaired) electrons. The number of nitrogens with zero attached hydrogens (tertiary/aromatic N) is 9. The molecule has 2 amide bonds. The van der Waals surface area contributed by atoms with E-state index in [2.05, 4.69) is 49.1 Å². The van der Waals surface area contributed by atoms with Crippen LogP contribution in [-0.4, -0.2) is 108 Å². The molecule has 1 saturated carbocycles. The zero-order valence-electron chi connectivity index (χ0n) is 35.2. The first kappa shape index (κ1) is 41.1. The molecule has 1 aliphatic carbocycles. The van der Waals surface area contributed by atoms with E-state index in [1.165, 1.54) is 10.7 Å². The summed E-state index contributed by atoms with van der Waals surface area (Å²) in [5.74, 6) is 6.75. The number of likely N-dealkylation sites (tertiary alicyclic amines) is 1. The van der Waals surface area contributed by atoms with Crippen molar-refractivity contribution in [3.63, 3.8) is 0 Å². The molecule has 330 valence electrons. The van der Waals surface area contributed by atoms with E-state index in [0.29, 0.717) is 48.8 Å². The highest BCUT2D eigenvalue weighted by atomic mass is 19.3. The second-order valence-corrected chi connectivity index (χ2v) is 17.6. The van der Waals surface area contributed by atoms with Gasteiger partial charge < -0.3 is 29.9 Å². The zero-order valence-corrected chi connectivity index (χ0v) is 35.2. The third-order valence-electron chi connectivity index (χ3n) is 13.6. The molecular formula is C45H51F2N11O5. The lowest BCUT2D eigenvalue weighted by atomic mass is 9.85. The van der Waals surface area contributed by atoms with Crippen molar-refractivity contribution < 1.29 is 27.8 Å². The summed E-state index contributed by atoms with van der Waals surface area (Å²) in [7, 11) is 1.71. The first-order chi connectivity index (χ1) is 30.6. The van der Waals surface area contributed by atoms with Gasteiger partial charge in [0.05, 0.1) is 53.8 Å². The van der Waals surface area contributed by atoms with Crippen molar-refractivity contribution in [2.45, 2.75) is 94.5 Å². The minimum atomic E-state index is -2.86. The van der Waals surface area contributed by atoms with Gasteiger partial charge in [-0.15, -0.1) is 0 Å². The number of rotatable bonds is 10. The van der Waals surface area contributed by atoms with Crippen LogP contribution in [0.4, 0.5) is 20.3 Å². The Bertz CT molecular complexity index is 2690. The van der Waals surface area contributed by atoms with Gasteiger partial charge in [-0.2, -0.15) is 10.2 Å². The number of aromatic nitrogens is 7. The number of halogens is 2. The smallest absolute Gasteiger partial charge is 0.329 e. The van der Waals surface area contributed by atoms with E-state index in [0.717, 1.165) is 88.0 Å². The van der Waals surface area contributed by atoms with Gasteiger partial charge in [-0.3, -0.25) is 23.4 Å². The summed E-state index contributed by atoms with van der Waals surface area (Å²) < 4.78 is 46.7. The zero-order chi connectivity index (χ0) is 43.4. The molecule has 4 aliphatic heterocycles. The molecule has 1 unspecified atom stereocenters. The lowest BCUT2D eigenvalue weighted by Gasteiger charge is -2.36. The highest BCUT2D eigenvalue weighted by Gasteiger charge is 2.40. The maximum absolute atomic E-state index is 14.3. The fourth-order valence-electron chi connectivity index (χ4n) is 10.2. The van der Waals surface area contributed by atoms with Crippen LogP contribution in [0.25, 0.3) is 16.7 Å². The molecule has 10 rings (SSSR count). The number of carbonyl (C=O) groups excluding carboxylic acids is 2. The van der Waals surface area contributed by atoms with Gasteiger partial charge in [0.1, 0.15) is 24.0 Å². The Morgan fingerprint density at radius 2 is 1.90 bits per heavy atom. The van der Waals surface area contributed by atoms with E-state index in [1.807, 2.05) is 24.3 Å². The van der Waals surface area contributed by atoms with E-state index in [1.54, 1.807) is 33.3 Å². The number of fused-ring (bicyclic) bond motifs is 4. The van der Waals surface area contributed by atoms with Crippen LogP contribution in [0, 0.1) is 17.8 Å². The first-order valence-electron chi connectivity index (χ1n) is 22.0. The number of benzene rings is 1. The summed E-state index contributed by atoms with van der Waals surface area (Å²) in [6.45, 7) is 8.37. The van der Waals surface area contributed by atoms with Crippen molar-refractivity contribution in [1.29, 1.82) is 0 Å². The summed E-state index contributed by atoms with van der Waals surface area (Å²) in [5, 5.41) is 14.1. The van der Waals surface area contributed by atoms with Gasteiger partial charge in [-0.05, 0) is 88.0 Å². The number of alkyl halides is 2. The number of morpholine rings is 1. The van der Waals surface area contributed by atoms with Gasteiger partial charge in [0.25, 0.3) is 12.3 Å². The van der Waals surface area contributed by atoms with E-state index in [-0.39, 0.29) is 47.1 Å². The molecule has 8 heterocycles. The lowest BCUT2D eigenvalue weighted by molar-refractivity contribution is -0.124. The molecule has 18 heteroatoms. The maximum atomic E-state index is 14.3. The Labute approximate surface area is 362 Å². The van der Waals surface area contributed by atoms with Crippen molar-refractivity contribution >= 4 is 40.0 Å². The molecule has 0 spiro atoms. The molecule has 4 saturated heterocycles. The van der Waals surface area contributed by atoms with Gasteiger partial charge in [-0.25, -0.2) is 23.1 Å². The number of anilines is 2. The fraction of sp³-hybridized carbons (Fsp3) is 0.511. The Hall–Kier alpha value is -5.90. The molecule has 5 aliphatic rings. The number of allylic oxidation sites excluding steroid dienone is 1. The summed E-state index contributed by atoms with van der Waals surface area (Å²) in [4.78, 5) is 48.9. The second kappa shape index (κ2) is 17.0. The molecule has 2 N–H and O–H groups in total. The topological polar surface area (TPSA) is 158 Å². The average Bonchev–Trinajstić information content (AvgIpc) is 4.13. The first-order valence-corrected chi connectivity index (χ1v) is 22.0. The number of hydrogen-bond donors (Lipinski definition) is 2. The minimum Gasteiger partial charge on any atom is -0.374 e. The third kappa shape index (κ3) is 8.13. The summed E-state index contributed by atoms with van der Waals surface area (Å²) >= 11 is 0. The van der Waals surface area contributed by atoms with Crippen LogP contribution >= 0.6 is 0 Å². The predicted molar refractivity (Wildman–Crippen MR) is 230 cm³/mol. The van der Waals surface area contributed by atoms with Gasteiger partial charge in [0, 0.05) is 56.9 Å². The largest absolute Gasteiger partial charge is 0.374 e. The van der Waals surface area contributed by atoms with Crippen LogP contribution in [0.2, 0.25) is 0 Å². The number of piperidine rings is 2. The molecule has 5 aromatic rings. The van der Waals surface area contributed by atoms with E-state index < -0.39 is 24.1 Å². The molecule has 16 nitrogen and oxygen atoms in total. The van der Waals surface area contributed by atoms with Crippen molar-refractivity contribution in [2.24, 2.45) is 13.0 Å². The Morgan fingerprint density at radius 3 is 2.65 bits per heavy atom. The highest BCUT2D eigenvalue weighted by Crippen LogP contribution is 2.36. The molecular weight excluding hydrogens is 813 g/mol. The standard InChI is InChI=1S/C45H51F2N11O5/c1-27-5-11-37(44(60)49-27)58-38-20-28(8-12-36(38)53(2)45(58)61)4-3-19-62-32-13-16-54(17-14-32)23-29-6-9-30(10-7-29)57-25-35(40(52-57)41(46)47)50-43(59)34-22-48-56-18-15-39(51-42(34)56)55-24-33-21-31(55)26-63-33/h8,12,15,18,20,22,25,29-33,37,41H,1,5-7,9-11,13-14,16-17,19,21,23-24,26H2,2H3,(H,49,60)(H,50,59)/t29?,30?,31-,33-,37?/m1/s1. The predicted octanol–water partition coefficient (Wildman–Crippen LogP) is 4.98. The molecule has 1 aromatic carbocycles. The molecule has 63 heavy (non-hydrogen) atoms. The number of aryl methyl sites for hydroxylation is 1. The van der Waals surface area contributed by atoms with E-state index in [9.17, 15) is 23.2 Å². The minimum absolute atomic E-state index is 0.00284. The number of amides is 2. The van der Waals surface area contributed by atoms with Crippen LogP contribution in [0.1, 0.15) is 97.9 Å². The maximum Gasteiger partial charge on any atom is 0.329 e. The number of imidazole rings is 1. The van der Waals surface area contributed by atoms with Crippen molar-refractivity contribution in [3.8, 4) is 11.8 Å². The summed E-state index contributed by atoms with van der Waals surface area (Å²) in [6.07, 6.45) is 9.59. The molecule has 2 bridgehead atoms. The molecule has 5 fully saturated rings. The summed E-state index contributed by atoms with van der Waals surface area (Å²) in [6, 6.07) is 7.09. The Balaban J connectivity index is 0.694. The lowest BCUT2D eigenvalue weighted by Crippen LogP contribution is -2.40. The van der Waals surface area contributed by atoms with Crippen molar-refractivity contribution in [2.75, 3.05) is 49.6 Å². The molecule has 3 atom stereocenters. The number of carbonyl (C=O) groups is 2. The monoisotopic (exact) mass is 863 g/mol. The number of hydrogen-bond acceptors (Lipinski definition) is 10. The Morgan fingerprint density at radius 1 is 1.08 bits per heavy atom. The van der Waals surface area contributed by atoms with Crippen molar-refractivity contribution in [3.05, 3.63) is 82.4 Å². The van der Waals surface area contributed by atoms with Gasteiger partial charge in [-0.1, -0.05) is 18.4 Å². The van der Waals surface area contributed by atoms with Crippen LogP contribution in [0.15, 0.2) is 59.9 Å². The van der Waals surface area contributed by atoms with Crippen LogP contribution < -0.4 is 21.2 Å². The van der Waals surface area contributed by atoms with Crippen molar-refractivity contribution in [1.82, 2.24) is 43.7 Å². The van der Waals surface area contributed by atoms with E-state index in [4.69, 9.17) is 14.5 Å². The van der Waals surface area contributed by atoms with Gasteiger partial charge in [0.15, 0.2) is 11.3 Å².